The molecule has 0 aromatic heterocycles. The largest absolute Gasteiger partial charge is 0.493 e. The second-order valence-corrected chi connectivity index (χ2v) is 6.40. The molecule has 8 nitrogen and oxygen atoms in total. The van der Waals surface area contributed by atoms with Gasteiger partial charge in [-0.25, -0.2) is 4.79 Å². The van der Waals surface area contributed by atoms with Crippen LogP contribution in [0.5, 0.6) is 5.75 Å². The Morgan fingerprint density at radius 2 is 1.89 bits per heavy atom. The van der Waals surface area contributed by atoms with Crippen molar-refractivity contribution in [3.63, 3.8) is 0 Å². The number of hydrogen-bond donors (Lipinski definition) is 2. The molecule has 0 bridgehead atoms. The second-order valence-electron chi connectivity index (χ2n) is 6.40. The quantitative estimate of drug-likeness (QED) is 0.408. The van der Waals surface area contributed by atoms with Crippen LogP contribution in [0.25, 0.3) is 6.08 Å². The molecule has 0 aliphatic rings. The maximum atomic E-state index is 12.3. The number of ether oxygens (including phenoxy) is 1. The zero-order valence-electron chi connectivity index (χ0n) is 15.4. The number of rotatable bonds is 8. The third kappa shape index (κ3) is 5.94. The lowest BCUT2D eigenvalue weighted by atomic mass is 10.1. The first-order valence-electron chi connectivity index (χ1n) is 8.50. The summed E-state index contributed by atoms with van der Waals surface area (Å²) in [6.45, 7) is 4.58. The zero-order valence-corrected chi connectivity index (χ0v) is 15.4. The lowest BCUT2D eigenvalue weighted by Gasteiger charge is -2.10. The lowest BCUT2D eigenvalue weighted by molar-refractivity contribution is -0.384. The van der Waals surface area contributed by atoms with Gasteiger partial charge < -0.3 is 15.2 Å². The topological polar surface area (TPSA) is 119 Å². The van der Waals surface area contributed by atoms with Crippen LogP contribution in [0.15, 0.2) is 54.2 Å². The fraction of sp³-hybridized carbons (Fsp3) is 0.200. The number of carbonyl (C=O) groups excluding carboxylic acids is 1. The number of nitro benzene ring substituents is 1. The predicted octanol–water partition coefficient (Wildman–Crippen LogP) is 3.49. The van der Waals surface area contributed by atoms with Gasteiger partial charge in [0, 0.05) is 17.7 Å². The van der Waals surface area contributed by atoms with Crippen molar-refractivity contribution >= 4 is 23.6 Å². The number of nitro groups is 1. The summed E-state index contributed by atoms with van der Waals surface area (Å²) in [7, 11) is 0. The minimum absolute atomic E-state index is 0.179. The number of nitrogens with one attached hydrogen (secondary N) is 1. The maximum Gasteiger partial charge on any atom is 0.352 e. The lowest BCUT2D eigenvalue weighted by Crippen LogP contribution is -2.27. The minimum Gasteiger partial charge on any atom is -0.493 e. The molecule has 2 aromatic carbocycles. The van der Waals surface area contributed by atoms with Crippen LogP contribution >= 0.6 is 0 Å². The fourth-order valence-corrected chi connectivity index (χ4v) is 2.21. The minimum atomic E-state index is -1.36. The summed E-state index contributed by atoms with van der Waals surface area (Å²) in [5.74, 6) is -1.01. The number of nitrogens with zero attached hydrogens (tertiary/aromatic N) is 1. The number of carboxylic acids is 1. The Morgan fingerprint density at radius 3 is 2.46 bits per heavy atom. The van der Waals surface area contributed by atoms with Crippen LogP contribution in [0.1, 0.15) is 29.8 Å². The van der Waals surface area contributed by atoms with E-state index < -0.39 is 22.5 Å². The fourth-order valence-electron chi connectivity index (χ4n) is 2.21. The number of carbonyl (C=O) groups is 2. The van der Waals surface area contributed by atoms with Gasteiger partial charge in [0.2, 0.25) is 0 Å². The first-order chi connectivity index (χ1) is 13.3. The molecule has 0 saturated heterocycles. The van der Waals surface area contributed by atoms with Gasteiger partial charge in [-0.2, -0.15) is 0 Å². The molecular formula is C20H20N2O6. The van der Waals surface area contributed by atoms with Gasteiger partial charge in [0.25, 0.3) is 11.6 Å². The van der Waals surface area contributed by atoms with Crippen molar-refractivity contribution < 1.29 is 24.4 Å². The zero-order chi connectivity index (χ0) is 20.7. The van der Waals surface area contributed by atoms with Gasteiger partial charge in [-0.1, -0.05) is 26.0 Å². The van der Waals surface area contributed by atoms with E-state index in [-0.39, 0.29) is 16.8 Å². The SMILES string of the molecule is CC(C)COc1ccc(C(=O)N/C(=C\c2cccc([N+](=O)[O-])c2)C(=O)O)cc1. The van der Waals surface area contributed by atoms with Gasteiger partial charge in [0.05, 0.1) is 11.5 Å². The molecule has 8 heteroatoms. The van der Waals surface area contributed by atoms with Crippen molar-refractivity contribution in [2.45, 2.75) is 13.8 Å². The molecular weight excluding hydrogens is 364 g/mol. The molecule has 1 amide bonds. The van der Waals surface area contributed by atoms with Gasteiger partial charge in [0.15, 0.2) is 0 Å². The molecule has 28 heavy (non-hydrogen) atoms. The molecule has 0 heterocycles. The van der Waals surface area contributed by atoms with E-state index in [1.54, 1.807) is 12.1 Å². The predicted molar refractivity (Wildman–Crippen MR) is 103 cm³/mol. The number of carboxylic acid groups (broad SMARTS) is 1. The highest BCUT2D eigenvalue weighted by Gasteiger charge is 2.14. The van der Waals surface area contributed by atoms with Crippen molar-refractivity contribution in [2.75, 3.05) is 6.61 Å². The van der Waals surface area contributed by atoms with Gasteiger partial charge in [-0.05, 0) is 41.8 Å². The van der Waals surface area contributed by atoms with E-state index in [1.807, 2.05) is 13.8 Å². The maximum absolute atomic E-state index is 12.3. The Morgan fingerprint density at radius 1 is 1.21 bits per heavy atom. The summed E-state index contributed by atoms with van der Waals surface area (Å²) in [5, 5.41) is 22.5. The Kier molecular flexibility index (Phi) is 6.86. The monoisotopic (exact) mass is 384 g/mol. The van der Waals surface area contributed by atoms with Crippen LogP contribution in [0.3, 0.4) is 0 Å². The molecule has 0 saturated carbocycles. The van der Waals surface area contributed by atoms with Crippen molar-refractivity contribution in [1.29, 1.82) is 0 Å². The molecule has 0 spiro atoms. The van der Waals surface area contributed by atoms with Crippen LogP contribution in [-0.2, 0) is 4.79 Å². The number of aliphatic carboxylic acids is 1. The van der Waals surface area contributed by atoms with Crippen molar-refractivity contribution in [1.82, 2.24) is 5.32 Å². The van der Waals surface area contributed by atoms with Gasteiger partial charge in [-0.3, -0.25) is 14.9 Å². The Balaban J connectivity index is 2.15. The molecule has 0 radical (unpaired) electrons. The Labute approximate surface area is 161 Å². The van der Waals surface area contributed by atoms with Crippen molar-refractivity contribution in [2.24, 2.45) is 5.92 Å². The van der Waals surface area contributed by atoms with Gasteiger partial charge in [-0.15, -0.1) is 0 Å². The Hall–Kier alpha value is -3.68. The molecule has 2 N–H and O–H groups in total. The summed E-state index contributed by atoms with van der Waals surface area (Å²) < 4.78 is 5.54. The normalized spacial score (nSPS) is 11.2. The van der Waals surface area contributed by atoms with E-state index in [4.69, 9.17) is 4.74 Å². The van der Waals surface area contributed by atoms with Gasteiger partial charge >= 0.3 is 5.97 Å². The standard InChI is InChI=1S/C20H20N2O6/c1-13(2)12-28-17-8-6-15(7-9-17)19(23)21-18(20(24)25)11-14-4-3-5-16(10-14)22(26)27/h3-11,13H,12H2,1-2H3,(H,21,23)(H,24,25)/b18-11-. The van der Waals surface area contributed by atoms with E-state index in [1.165, 1.54) is 36.4 Å². The molecule has 0 aliphatic carbocycles. The molecule has 0 unspecified atom stereocenters. The van der Waals surface area contributed by atoms with Crippen LogP contribution < -0.4 is 10.1 Å². The van der Waals surface area contributed by atoms with E-state index in [2.05, 4.69) is 5.32 Å². The van der Waals surface area contributed by atoms with E-state index >= 15 is 0 Å². The first-order valence-corrected chi connectivity index (χ1v) is 8.50. The molecule has 0 aliphatic heterocycles. The number of amides is 1. The van der Waals surface area contributed by atoms with Gasteiger partial charge in [0.1, 0.15) is 11.4 Å². The van der Waals surface area contributed by atoms with E-state index in [9.17, 15) is 24.8 Å². The third-order valence-corrected chi connectivity index (χ3v) is 3.57. The number of benzene rings is 2. The summed E-state index contributed by atoms with van der Waals surface area (Å²) >= 11 is 0. The van der Waals surface area contributed by atoms with Crippen molar-refractivity contribution in [3.8, 4) is 5.75 Å². The van der Waals surface area contributed by atoms with E-state index in [0.717, 1.165) is 6.08 Å². The summed E-state index contributed by atoms with van der Waals surface area (Å²) in [6.07, 6.45) is 1.16. The summed E-state index contributed by atoms with van der Waals surface area (Å²) in [5.41, 5.74) is -0.0418. The Bertz CT molecular complexity index is 903. The molecule has 2 rings (SSSR count). The van der Waals surface area contributed by atoms with Crippen LogP contribution in [-0.4, -0.2) is 28.5 Å². The molecule has 146 valence electrons. The average Bonchev–Trinajstić information content (AvgIpc) is 2.66. The highest BCUT2D eigenvalue weighted by atomic mass is 16.6. The van der Waals surface area contributed by atoms with E-state index in [0.29, 0.717) is 18.3 Å². The molecule has 0 atom stereocenters. The third-order valence-electron chi connectivity index (χ3n) is 3.57. The molecule has 2 aromatic rings. The highest BCUT2D eigenvalue weighted by molar-refractivity contribution is 6.02. The summed E-state index contributed by atoms with van der Waals surface area (Å²) in [4.78, 5) is 34.0. The molecule has 0 fully saturated rings. The number of hydrogen-bond acceptors (Lipinski definition) is 5. The highest BCUT2D eigenvalue weighted by Crippen LogP contribution is 2.16. The number of non-ortho nitro benzene ring substituents is 1. The van der Waals surface area contributed by atoms with Crippen LogP contribution in [0.4, 0.5) is 5.69 Å². The second kappa shape index (κ2) is 9.31. The average molecular weight is 384 g/mol. The van der Waals surface area contributed by atoms with Crippen molar-refractivity contribution in [3.05, 3.63) is 75.5 Å². The first kappa shape index (κ1) is 20.6. The summed E-state index contributed by atoms with van der Waals surface area (Å²) in [6, 6.07) is 11.7. The smallest absolute Gasteiger partial charge is 0.352 e. The van der Waals surface area contributed by atoms with Crippen LogP contribution in [0.2, 0.25) is 0 Å². The van der Waals surface area contributed by atoms with Crippen LogP contribution in [0, 0.1) is 16.0 Å².